The molecule has 0 aliphatic carbocycles. The van der Waals surface area contributed by atoms with Crippen molar-refractivity contribution in [2.24, 2.45) is 5.92 Å². The van der Waals surface area contributed by atoms with Crippen LogP contribution in [0.5, 0.6) is 0 Å². The summed E-state index contributed by atoms with van der Waals surface area (Å²) < 4.78 is 38.9. The summed E-state index contributed by atoms with van der Waals surface area (Å²) in [4.78, 5) is 74.1. The Morgan fingerprint density at radius 1 is 0.975 bits per heavy atom. The lowest BCUT2D eigenvalue weighted by molar-refractivity contribution is -0.175. The molecule has 1 fully saturated rings. The van der Waals surface area contributed by atoms with Crippen LogP contribution in [0, 0.1) is 5.92 Å². The molecule has 1 aliphatic rings. The molecule has 0 radical (unpaired) electrons. The van der Waals surface area contributed by atoms with Gasteiger partial charge in [0.05, 0.1) is 6.04 Å². The van der Waals surface area contributed by atoms with Gasteiger partial charge in [0.1, 0.15) is 12.1 Å². The number of ketones is 1. The van der Waals surface area contributed by atoms with Gasteiger partial charge in [-0.15, -0.1) is 0 Å². The first-order valence-corrected chi connectivity index (χ1v) is 12.8. The van der Waals surface area contributed by atoms with E-state index in [1.54, 1.807) is 0 Å². The minimum absolute atomic E-state index is 0.0880. The van der Waals surface area contributed by atoms with Gasteiger partial charge >= 0.3 is 12.1 Å². The minimum atomic E-state index is -5.13. The molecule has 11 nitrogen and oxygen atoms in total. The molecular weight excluding hydrogens is 537 g/mol. The standard InChI is InChI=1S/C26H33F3N4O7/c1-14(2)20(21(36)26(27,28)29)32-24(39)18-6-5-13-33(18)25(40)15(3)31-23(38)17-10-8-16(9-11-17)22(37)30-12-4-7-19(34)35/h8-11,14-15,18,20H,4-7,12-13H2,1-3H3,(H,30,37)(H,31,38)(H,32,39)(H,34,35)/t15?,18-,20?/m0/s1. The van der Waals surface area contributed by atoms with Gasteiger partial charge in [0.25, 0.3) is 17.6 Å². The molecule has 14 heteroatoms. The number of Topliss-reactive ketones (excluding diaryl/α,β-unsaturated/α-hetero) is 1. The number of aliphatic carboxylic acids is 1. The number of carboxylic acid groups (broad SMARTS) is 1. The highest BCUT2D eigenvalue weighted by Gasteiger charge is 2.46. The number of rotatable bonds is 12. The van der Waals surface area contributed by atoms with E-state index in [0.29, 0.717) is 6.42 Å². The van der Waals surface area contributed by atoms with Crippen molar-refractivity contribution in [2.75, 3.05) is 13.1 Å². The highest BCUT2D eigenvalue weighted by molar-refractivity contribution is 6.00. The van der Waals surface area contributed by atoms with Crippen molar-refractivity contribution in [1.82, 2.24) is 20.9 Å². The van der Waals surface area contributed by atoms with Crippen molar-refractivity contribution in [2.45, 2.75) is 70.8 Å². The van der Waals surface area contributed by atoms with E-state index >= 15 is 0 Å². The van der Waals surface area contributed by atoms with Gasteiger partial charge in [-0.05, 0) is 56.4 Å². The summed E-state index contributed by atoms with van der Waals surface area (Å²) in [5.74, 6) is -6.46. The Morgan fingerprint density at radius 2 is 1.55 bits per heavy atom. The smallest absolute Gasteiger partial charge is 0.452 e. The molecule has 4 N–H and O–H groups in total. The molecule has 2 unspecified atom stereocenters. The van der Waals surface area contributed by atoms with Crippen molar-refractivity contribution < 1.29 is 47.0 Å². The molecule has 0 bridgehead atoms. The fourth-order valence-electron chi connectivity index (χ4n) is 4.17. The first kappa shape index (κ1) is 32.2. The van der Waals surface area contributed by atoms with Crippen LogP contribution in [-0.4, -0.2) is 82.8 Å². The Balaban J connectivity index is 1.98. The van der Waals surface area contributed by atoms with Crippen LogP contribution in [-0.2, 0) is 19.2 Å². The van der Waals surface area contributed by atoms with Crippen LogP contribution in [0.1, 0.15) is 67.2 Å². The highest BCUT2D eigenvalue weighted by Crippen LogP contribution is 2.23. The van der Waals surface area contributed by atoms with Crippen molar-refractivity contribution in [1.29, 1.82) is 0 Å². The molecule has 1 aromatic carbocycles. The molecule has 3 atom stereocenters. The van der Waals surface area contributed by atoms with Gasteiger partial charge in [-0.3, -0.25) is 28.8 Å². The van der Waals surface area contributed by atoms with Crippen LogP contribution in [0.3, 0.4) is 0 Å². The zero-order valence-corrected chi connectivity index (χ0v) is 22.3. The van der Waals surface area contributed by atoms with Crippen LogP contribution < -0.4 is 16.0 Å². The van der Waals surface area contributed by atoms with Gasteiger partial charge in [-0.2, -0.15) is 13.2 Å². The molecule has 1 heterocycles. The number of carboxylic acids is 1. The van der Waals surface area contributed by atoms with Gasteiger partial charge in [-0.25, -0.2) is 0 Å². The number of nitrogens with one attached hydrogen (secondary N) is 3. The molecule has 40 heavy (non-hydrogen) atoms. The second-order valence-electron chi connectivity index (χ2n) is 9.81. The summed E-state index contributed by atoms with van der Waals surface area (Å²) in [5, 5.41) is 15.8. The maximum Gasteiger partial charge on any atom is 0.452 e. The van der Waals surface area contributed by atoms with E-state index in [2.05, 4.69) is 16.0 Å². The Hall–Kier alpha value is -3.97. The molecule has 4 amide bonds. The fourth-order valence-corrected chi connectivity index (χ4v) is 4.17. The number of likely N-dealkylation sites (tertiary alicyclic amines) is 1. The number of benzene rings is 1. The van der Waals surface area contributed by atoms with Crippen LogP contribution in [0.2, 0.25) is 0 Å². The van der Waals surface area contributed by atoms with Crippen molar-refractivity contribution in [3.8, 4) is 0 Å². The highest BCUT2D eigenvalue weighted by atomic mass is 19.4. The van der Waals surface area contributed by atoms with Crippen molar-refractivity contribution in [3.05, 3.63) is 35.4 Å². The monoisotopic (exact) mass is 570 g/mol. The van der Waals surface area contributed by atoms with E-state index in [0.717, 1.165) is 0 Å². The topological polar surface area (TPSA) is 162 Å². The average molecular weight is 571 g/mol. The number of hydrogen-bond donors (Lipinski definition) is 4. The maximum atomic E-state index is 13.0. The largest absolute Gasteiger partial charge is 0.481 e. The van der Waals surface area contributed by atoms with Gasteiger partial charge in [0.15, 0.2) is 0 Å². The van der Waals surface area contributed by atoms with E-state index in [1.165, 1.54) is 49.9 Å². The molecule has 1 saturated heterocycles. The van der Waals surface area contributed by atoms with Crippen molar-refractivity contribution >= 4 is 35.4 Å². The van der Waals surface area contributed by atoms with Gasteiger partial charge in [-0.1, -0.05) is 13.8 Å². The van der Waals surface area contributed by atoms with Crippen molar-refractivity contribution in [3.63, 3.8) is 0 Å². The molecule has 1 aromatic rings. The van der Waals surface area contributed by atoms with Gasteiger partial charge < -0.3 is 26.0 Å². The second kappa shape index (κ2) is 13.9. The number of carbonyl (C=O) groups excluding carboxylic acids is 5. The number of amides is 4. The molecule has 0 spiro atoms. The number of nitrogens with zero attached hydrogens (tertiary/aromatic N) is 1. The summed E-state index contributed by atoms with van der Waals surface area (Å²) in [6, 6.07) is 1.54. The molecule has 0 aromatic heterocycles. The lowest BCUT2D eigenvalue weighted by atomic mass is 9.98. The fraction of sp³-hybridized carbons (Fsp3) is 0.538. The first-order valence-electron chi connectivity index (χ1n) is 12.8. The first-order chi connectivity index (χ1) is 18.6. The summed E-state index contributed by atoms with van der Waals surface area (Å²) in [6.07, 6.45) is -4.37. The Bertz CT molecular complexity index is 1120. The SMILES string of the molecule is CC(NC(=O)c1ccc(C(=O)NCCCC(=O)O)cc1)C(=O)N1CCC[C@H]1C(=O)NC(C(=O)C(F)(F)F)C(C)C. The lowest BCUT2D eigenvalue weighted by Gasteiger charge is -2.29. The second-order valence-corrected chi connectivity index (χ2v) is 9.81. The van der Waals surface area contributed by atoms with Crippen LogP contribution in [0.15, 0.2) is 24.3 Å². The molecular formula is C26H33F3N4O7. The van der Waals surface area contributed by atoms with E-state index in [-0.39, 0.29) is 43.5 Å². The third-order valence-corrected chi connectivity index (χ3v) is 6.35. The summed E-state index contributed by atoms with van der Waals surface area (Å²) in [5.41, 5.74) is 0.383. The average Bonchev–Trinajstić information content (AvgIpc) is 3.38. The Morgan fingerprint density at radius 3 is 2.08 bits per heavy atom. The number of alkyl halides is 3. The minimum Gasteiger partial charge on any atom is -0.481 e. The van der Waals surface area contributed by atoms with E-state index in [9.17, 15) is 41.9 Å². The quantitative estimate of drug-likeness (QED) is 0.278. The van der Waals surface area contributed by atoms with E-state index < -0.39 is 65.6 Å². The lowest BCUT2D eigenvalue weighted by Crippen LogP contribution is -2.56. The van der Waals surface area contributed by atoms with Gasteiger partial charge in [0.2, 0.25) is 11.8 Å². The van der Waals surface area contributed by atoms with Crippen LogP contribution >= 0.6 is 0 Å². The Labute approximate surface area is 228 Å². The van der Waals surface area contributed by atoms with E-state index in [1.807, 2.05) is 0 Å². The predicted octanol–water partition coefficient (Wildman–Crippen LogP) is 1.66. The summed E-state index contributed by atoms with van der Waals surface area (Å²) >= 11 is 0. The summed E-state index contributed by atoms with van der Waals surface area (Å²) in [7, 11) is 0. The Kier molecular flexibility index (Phi) is 11.2. The summed E-state index contributed by atoms with van der Waals surface area (Å²) in [6.45, 7) is 4.44. The number of halogens is 3. The molecule has 0 saturated carbocycles. The number of carbonyl (C=O) groups is 6. The molecule has 220 valence electrons. The zero-order valence-electron chi connectivity index (χ0n) is 22.3. The van der Waals surface area contributed by atoms with Crippen LogP contribution in [0.4, 0.5) is 13.2 Å². The maximum absolute atomic E-state index is 13.0. The molecule has 1 aliphatic heterocycles. The van der Waals surface area contributed by atoms with Crippen LogP contribution in [0.25, 0.3) is 0 Å². The zero-order chi connectivity index (χ0) is 30.2. The third-order valence-electron chi connectivity index (χ3n) is 6.35. The van der Waals surface area contributed by atoms with E-state index in [4.69, 9.17) is 5.11 Å². The third kappa shape index (κ3) is 8.78. The van der Waals surface area contributed by atoms with Gasteiger partial charge in [0, 0.05) is 30.6 Å². The molecule has 2 rings (SSSR count). The predicted molar refractivity (Wildman–Crippen MR) is 135 cm³/mol. The normalized spacial score (nSPS) is 16.7. The number of hydrogen-bond acceptors (Lipinski definition) is 6.